The summed E-state index contributed by atoms with van der Waals surface area (Å²) in [6.45, 7) is -0.108. The number of methoxy groups -OCH3 is 1. The van der Waals surface area contributed by atoms with Crippen molar-refractivity contribution in [3.8, 4) is 5.75 Å². The third kappa shape index (κ3) is 3.12. The van der Waals surface area contributed by atoms with E-state index < -0.39 is 0 Å². The fraction of sp³-hybridized carbons (Fsp3) is 0.261. The quantitative estimate of drug-likeness (QED) is 0.549. The molecule has 5 rings (SSSR count). The number of benzene rings is 2. The third-order valence-corrected chi connectivity index (χ3v) is 5.80. The summed E-state index contributed by atoms with van der Waals surface area (Å²) in [6.07, 6.45) is 4.41. The van der Waals surface area contributed by atoms with Crippen molar-refractivity contribution in [1.82, 2.24) is 20.1 Å². The van der Waals surface area contributed by atoms with Gasteiger partial charge in [0.05, 0.1) is 24.7 Å². The van der Waals surface area contributed by atoms with Crippen LogP contribution in [-0.2, 0) is 17.8 Å². The van der Waals surface area contributed by atoms with Gasteiger partial charge in [0.25, 0.3) is 5.56 Å². The minimum Gasteiger partial charge on any atom is -0.497 e. The maximum atomic E-state index is 12.7. The van der Waals surface area contributed by atoms with Gasteiger partial charge in [-0.1, -0.05) is 18.2 Å². The van der Waals surface area contributed by atoms with E-state index in [9.17, 15) is 9.59 Å². The topological polar surface area (TPSA) is 89.0 Å². The summed E-state index contributed by atoms with van der Waals surface area (Å²) in [5.41, 5.74) is 3.04. The molecule has 0 radical (unpaired) electrons. The van der Waals surface area contributed by atoms with Crippen LogP contribution in [0.3, 0.4) is 0 Å². The predicted molar refractivity (Wildman–Crippen MR) is 115 cm³/mol. The Morgan fingerprint density at radius 1 is 1.27 bits per heavy atom. The maximum absolute atomic E-state index is 12.7. The van der Waals surface area contributed by atoms with E-state index in [0.717, 1.165) is 47.0 Å². The van der Waals surface area contributed by atoms with Crippen LogP contribution in [0.25, 0.3) is 21.7 Å². The van der Waals surface area contributed by atoms with Gasteiger partial charge in [-0.3, -0.25) is 9.59 Å². The number of fused-ring (bicyclic) bond motifs is 4. The second-order valence-corrected chi connectivity index (χ2v) is 7.64. The molecule has 4 aromatic rings. The van der Waals surface area contributed by atoms with E-state index in [2.05, 4.69) is 15.4 Å². The van der Waals surface area contributed by atoms with Crippen LogP contribution in [0.15, 0.2) is 53.5 Å². The third-order valence-electron chi connectivity index (χ3n) is 5.80. The number of aromatic amines is 1. The van der Waals surface area contributed by atoms with Gasteiger partial charge in [-0.15, -0.1) is 0 Å². The first-order valence-electron chi connectivity index (χ1n) is 10.1. The zero-order valence-electron chi connectivity index (χ0n) is 16.6. The van der Waals surface area contributed by atoms with Crippen LogP contribution < -0.4 is 15.6 Å². The lowest BCUT2D eigenvalue weighted by molar-refractivity contribution is -0.122. The van der Waals surface area contributed by atoms with Crippen molar-refractivity contribution in [1.29, 1.82) is 0 Å². The van der Waals surface area contributed by atoms with E-state index in [1.165, 1.54) is 10.2 Å². The minimum atomic E-state index is -0.259. The number of aromatic nitrogens is 3. The second kappa shape index (κ2) is 7.33. The number of nitrogens with zero attached hydrogens (tertiary/aromatic N) is 2. The Morgan fingerprint density at radius 3 is 3.00 bits per heavy atom. The summed E-state index contributed by atoms with van der Waals surface area (Å²) in [7, 11) is 1.66. The Morgan fingerprint density at radius 2 is 2.13 bits per heavy atom. The molecule has 1 atom stereocenters. The molecule has 0 aliphatic heterocycles. The van der Waals surface area contributed by atoms with Gasteiger partial charge < -0.3 is 15.0 Å². The summed E-state index contributed by atoms with van der Waals surface area (Å²) >= 11 is 0. The minimum absolute atomic E-state index is 0.108. The van der Waals surface area contributed by atoms with Crippen LogP contribution in [-0.4, -0.2) is 27.8 Å². The average Bonchev–Trinajstić information content (AvgIpc) is 3.15. The molecule has 2 N–H and O–H groups in total. The van der Waals surface area contributed by atoms with Crippen molar-refractivity contribution < 1.29 is 9.53 Å². The Hall–Kier alpha value is -3.61. The van der Waals surface area contributed by atoms with Gasteiger partial charge in [0.15, 0.2) is 0 Å². The SMILES string of the molecule is COc1ccc2[nH]c3c(c2c1)CCC[C@H]3NC(=O)Cn1ncc2ccccc2c1=O. The van der Waals surface area contributed by atoms with Crippen LogP contribution in [0, 0.1) is 0 Å². The first kappa shape index (κ1) is 18.4. The Bertz CT molecular complexity index is 1320. The van der Waals surface area contributed by atoms with Crippen molar-refractivity contribution in [2.75, 3.05) is 7.11 Å². The van der Waals surface area contributed by atoms with Gasteiger partial charge in [-0.2, -0.15) is 5.10 Å². The van der Waals surface area contributed by atoms with E-state index in [4.69, 9.17) is 4.74 Å². The standard InChI is InChI=1S/C23H22N4O3/c1-30-15-9-10-19-18(11-15)17-7-4-8-20(22(17)26-19)25-21(28)13-27-23(29)16-6-3-2-5-14(16)12-24-27/h2-3,5-6,9-12,20,26H,4,7-8,13H2,1H3,(H,25,28)/t20-/m1/s1. The zero-order valence-corrected chi connectivity index (χ0v) is 16.6. The molecule has 0 unspecified atom stereocenters. The number of aryl methyl sites for hydroxylation is 1. The van der Waals surface area contributed by atoms with Crippen molar-refractivity contribution in [2.24, 2.45) is 0 Å². The maximum Gasteiger partial charge on any atom is 0.275 e. The molecule has 0 fully saturated rings. The summed E-state index contributed by atoms with van der Waals surface area (Å²) < 4.78 is 6.58. The van der Waals surface area contributed by atoms with Crippen LogP contribution in [0.2, 0.25) is 0 Å². The molecule has 2 aromatic carbocycles. The first-order valence-corrected chi connectivity index (χ1v) is 10.1. The van der Waals surface area contributed by atoms with Gasteiger partial charge in [-0.05, 0) is 49.1 Å². The van der Waals surface area contributed by atoms with Gasteiger partial charge in [0.2, 0.25) is 5.91 Å². The number of ether oxygens (including phenoxy) is 1. The number of hydrogen-bond donors (Lipinski definition) is 2. The summed E-state index contributed by atoms with van der Waals surface area (Å²) in [5, 5.41) is 9.71. The lowest BCUT2D eigenvalue weighted by Crippen LogP contribution is -2.36. The van der Waals surface area contributed by atoms with Crippen molar-refractivity contribution in [3.05, 3.63) is 70.3 Å². The van der Waals surface area contributed by atoms with E-state index in [1.807, 2.05) is 36.4 Å². The lowest BCUT2D eigenvalue weighted by Gasteiger charge is -2.24. The molecule has 0 spiro atoms. The molecular formula is C23H22N4O3. The molecule has 2 aromatic heterocycles. The molecule has 0 bridgehead atoms. The number of hydrogen-bond acceptors (Lipinski definition) is 4. The van der Waals surface area contributed by atoms with Crippen molar-refractivity contribution in [3.63, 3.8) is 0 Å². The molecule has 152 valence electrons. The second-order valence-electron chi connectivity index (χ2n) is 7.64. The summed E-state index contributed by atoms with van der Waals surface area (Å²) in [5.74, 6) is 0.589. The fourth-order valence-electron chi connectivity index (χ4n) is 4.33. The van der Waals surface area contributed by atoms with E-state index in [1.54, 1.807) is 19.4 Å². The molecule has 1 aliphatic carbocycles. The van der Waals surface area contributed by atoms with Gasteiger partial charge in [0, 0.05) is 22.0 Å². The first-order chi connectivity index (χ1) is 14.6. The molecular weight excluding hydrogens is 380 g/mol. The van der Waals surface area contributed by atoms with Crippen molar-refractivity contribution >= 4 is 27.6 Å². The largest absolute Gasteiger partial charge is 0.497 e. The van der Waals surface area contributed by atoms with Gasteiger partial charge >= 0.3 is 0 Å². The van der Waals surface area contributed by atoms with E-state index in [-0.39, 0.29) is 24.1 Å². The molecule has 0 saturated carbocycles. The van der Waals surface area contributed by atoms with Crippen LogP contribution in [0.4, 0.5) is 0 Å². The number of rotatable bonds is 4. The van der Waals surface area contributed by atoms with Gasteiger partial charge in [-0.25, -0.2) is 4.68 Å². The number of carbonyl (C=O) groups is 1. The van der Waals surface area contributed by atoms with E-state index >= 15 is 0 Å². The average molecular weight is 402 g/mol. The van der Waals surface area contributed by atoms with Crippen LogP contribution in [0.5, 0.6) is 5.75 Å². The Labute approximate surface area is 172 Å². The van der Waals surface area contributed by atoms with Crippen LogP contribution >= 0.6 is 0 Å². The molecule has 7 nitrogen and oxygen atoms in total. The monoisotopic (exact) mass is 402 g/mol. The Balaban J connectivity index is 1.40. The lowest BCUT2D eigenvalue weighted by atomic mass is 9.91. The van der Waals surface area contributed by atoms with E-state index in [0.29, 0.717) is 5.39 Å². The summed E-state index contributed by atoms with van der Waals surface area (Å²) in [4.78, 5) is 28.9. The highest BCUT2D eigenvalue weighted by atomic mass is 16.5. The molecule has 0 saturated heterocycles. The zero-order chi connectivity index (χ0) is 20.7. The number of nitrogens with one attached hydrogen (secondary N) is 2. The molecule has 2 heterocycles. The molecule has 30 heavy (non-hydrogen) atoms. The van der Waals surface area contributed by atoms with Crippen LogP contribution in [0.1, 0.15) is 30.1 Å². The smallest absolute Gasteiger partial charge is 0.275 e. The number of carbonyl (C=O) groups excluding carboxylic acids is 1. The number of amides is 1. The summed E-state index contributed by atoms with van der Waals surface area (Å²) in [6, 6.07) is 13.1. The van der Waals surface area contributed by atoms with Crippen molar-refractivity contribution in [2.45, 2.75) is 31.8 Å². The fourth-order valence-corrected chi connectivity index (χ4v) is 4.33. The Kier molecular flexibility index (Phi) is 4.50. The van der Waals surface area contributed by atoms with Gasteiger partial charge in [0.1, 0.15) is 12.3 Å². The normalized spacial score (nSPS) is 15.8. The molecule has 1 amide bonds. The molecule has 7 heteroatoms. The highest BCUT2D eigenvalue weighted by Gasteiger charge is 2.26. The molecule has 1 aliphatic rings. The number of H-pyrrole nitrogens is 1. The highest BCUT2D eigenvalue weighted by Crippen LogP contribution is 2.36. The highest BCUT2D eigenvalue weighted by molar-refractivity contribution is 5.87. The predicted octanol–water partition coefficient (Wildman–Crippen LogP) is 3.08.